The van der Waals surface area contributed by atoms with E-state index in [4.69, 9.17) is 4.74 Å². The third kappa shape index (κ3) is 3.81. The third-order valence-electron chi connectivity index (χ3n) is 5.87. The third-order valence-corrected chi connectivity index (χ3v) is 5.87. The number of para-hydroxylation sites is 1. The monoisotopic (exact) mass is 421 g/mol. The van der Waals surface area contributed by atoms with Crippen molar-refractivity contribution in [2.24, 2.45) is 0 Å². The maximum Gasteiger partial charge on any atom is 0.258 e. The van der Waals surface area contributed by atoms with E-state index in [1.54, 1.807) is 34.1 Å². The molecule has 2 aromatic carbocycles. The highest BCUT2D eigenvalue weighted by atomic mass is 16.5. The van der Waals surface area contributed by atoms with Gasteiger partial charge in [-0.3, -0.25) is 14.4 Å². The number of hydrogen-bond acceptors (Lipinski definition) is 4. The van der Waals surface area contributed by atoms with Crippen molar-refractivity contribution in [3.63, 3.8) is 0 Å². The van der Waals surface area contributed by atoms with E-state index in [1.165, 1.54) is 0 Å². The van der Waals surface area contributed by atoms with Crippen LogP contribution < -0.4 is 10.2 Å². The normalized spacial score (nSPS) is 20.7. The molecule has 0 radical (unpaired) electrons. The number of carbonyl (C=O) groups is 3. The molecule has 0 bridgehead atoms. The summed E-state index contributed by atoms with van der Waals surface area (Å²) in [6.45, 7) is 5.74. The zero-order valence-corrected chi connectivity index (χ0v) is 17.8. The summed E-state index contributed by atoms with van der Waals surface area (Å²) in [6.07, 6.45) is -0.134. The van der Waals surface area contributed by atoms with Crippen LogP contribution in [0.4, 0.5) is 5.69 Å². The first-order valence-corrected chi connectivity index (χ1v) is 10.6. The van der Waals surface area contributed by atoms with E-state index in [9.17, 15) is 14.4 Å². The van der Waals surface area contributed by atoms with Crippen LogP contribution in [0.1, 0.15) is 36.2 Å². The molecule has 2 aliphatic rings. The van der Waals surface area contributed by atoms with Gasteiger partial charge in [0.1, 0.15) is 0 Å². The molecule has 7 nitrogen and oxygen atoms in total. The highest BCUT2D eigenvalue weighted by Crippen LogP contribution is 2.44. The molecular weight excluding hydrogens is 394 g/mol. The van der Waals surface area contributed by atoms with Crippen LogP contribution in [-0.2, 0) is 19.9 Å². The predicted octanol–water partition coefficient (Wildman–Crippen LogP) is 2.32. The summed E-state index contributed by atoms with van der Waals surface area (Å²) in [5.74, 6) is -0.843. The number of benzene rings is 2. The Labute approximate surface area is 182 Å². The summed E-state index contributed by atoms with van der Waals surface area (Å²) < 4.78 is 5.35. The van der Waals surface area contributed by atoms with Crippen LogP contribution in [0.5, 0.6) is 0 Å². The molecule has 4 rings (SSSR count). The Kier molecular flexibility index (Phi) is 5.78. The Bertz CT molecular complexity index is 985. The van der Waals surface area contributed by atoms with E-state index in [1.807, 2.05) is 44.2 Å². The van der Waals surface area contributed by atoms with E-state index in [0.717, 1.165) is 5.69 Å². The molecule has 1 atom stereocenters. The van der Waals surface area contributed by atoms with Gasteiger partial charge in [0.25, 0.3) is 11.8 Å². The van der Waals surface area contributed by atoms with Crippen molar-refractivity contribution in [3.05, 3.63) is 65.7 Å². The highest BCUT2D eigenvalue weighted by Gasteiger charge is 2.54. The van der Waals surface area contributed by atoms with E-state index in [2.05, 4.69) is 5.32 Å². The maximum atomic E-state index is 13.8. The summed E-state index contributed by atoms with van der Waals surface area (Å²) in [4.78, 5) is 43.6. The first kappa shape index (κ1) is 21.1. The van der Waals surface area contributed by atoms with Gasteiger partial charge in [-0.15, -0.1) is 0 Å². The predicted molar refractivity (Wildman–Crippen MR) is 117 cm³/mol. The van der Waals surface area contributed by atoms with Gasteiger partial charge in [0.15, 0.2) is 5.54 Å². The molecule has 2 aliphatic heterocycles. The molecular formula is C24H27N3O4. The van der Waals surface area contributed by atoms with Crippen molar-refractivity contribution in [1.29, 1.82) is 0 Å². The quantitative estimate of drug-likeness (QED) is 0.804. The van der Waals surface area contributed by atoms with E-state index in [-0.39, 0.29) is 30.2 Å². The van der Waals surface area contributed by atoms with Gasteiger partial charge in [0.2, 0.25) is 5.91 Å². The minimum absolute atomic E-state index is 0.123. The molecule has 0 spiro atoms. The van der Waals surface area contributed by atoms with Crippen molar-refractivity contribution in [2.75, 3.05) is 31.2 Å². The van der Waals surface area contributed by atoms with Crippen LogP contribution in [0, 0.1) is 0 Å². The van der Waals surface area contributed by atoms with Crippen LogP contribution in [-0.4, -0.2) is 55.0 Å². The number of carbonyl (C=O) groups excluding carboxylic acids is 3. The molecule has 162 valence electrons. The minimum Gasteiger partial charge on any atom is -0.378 e. The number of ether oxygens (including phenoxy) is 1. The maximum absolute atomic E-state index is 13.8. The fourth-order valence-electron chi connectivity index (χ4n) is 4.33. The highest BCUT2D eigenvalue weighted by molar-refractivity contribution is 6.12. The number of nitrogens with one attached hydrogen (secondary N) is 1. The number of rotatable bonds is 5. The molecule has 0 aromatic heterocycles. The average Bonchev–Trinajstić information content (AvgIpc) is 3.03. The molecule has 2 aromatic rings. The molecule has 3 amide bonds. The van der Waals surface area contributed by atoms with Crippen molar-refractivity contribution in [1.82, 2.24) is 10.2 Å². The summed E-state index contributed by atoms with van der Waals surface area (Å²) in [7, 11) is 0. The fourth-order valence-corrected chi connectivity index (χ4v) is 4.33. The molecule has 1 saturated heterocycles. The Hall–Kier alpha value is -3.19. The lowest BCUT2D eigenvalue weighted by molar-refractivity contribution is -0.140. The summed E-state index contributed by atoms with van der Waals surface area (Å²) in [6, 6.07) is 16.0. The Morgan fingerprint density at radius 3 is 2.35 bits per heavy atom. The standard InChI is InChI=1S/C24H27N3O4/c1-17(2)27-20-11-7-6-10-19(20)24(23(27)30,16-21(28)26-12-14-31-15-13-26)25-22(29)18-8-4-3-5-9-18/h3-11,17H,12-16H2,1-2H3,(H,25,29)/t24-/m0/s1. The smallest absolute Gasteiger partial charge is 0.258 e. The molecule has 0 unspecified atom stereocenters. The van der Waals surface area contributed by atoms with Gasteiger partial charge < -0.3 is 19.9 Å². The van der Waals surface area contributed by atoms with Crippen molar-refractivity contribution in [2.45, 2.75) is 31.8 Å². The molecule has 31 heavy (non-hydrogen) atoms. The van der Waals surface area contributed by atoms with Gasteiger partial charge in [-0.25, -0.2) is 0 Å². The van der Waals surface area contributed by atoms with Gasteiger partial charge in [0, 0.05) is 30.3 Å². The molecule has 7 heteroatoms. The first-order chi connectivity index (χ1) is 14.9. The Morgan fingerprint density at radius 1 is 1.03 bits per heavy atom. The molecule has 1 fully saturated rings. The molecule has 0 aliphatic carbocycles. The van der Waals surface area contributed by atoms with Gasteiger partial charge in [-0.2, -0.15) is 0 Å². The average molecular weight is 421 g/mol. The second kappa shape index (κ2) is 8.51. The van der Waals surface area contributed by atoms with Crippen LogP contribution in [0.3, 0.4) is 0 Å². The number of hydrogen-bond donors (Lipinski definition) is 1. The summed E-state index contributed by atoms with van der Waals surface area (Å²) >= 11 is 0. The van der Waals surface area contributed by atoms with Crippen LogP contribution in [0.25, 0.3) is 0 Å². The SMILES string of the molecule is CC(C)N1C(=O)[C@@](CC(=O)N2CCOCC2)(NC(=O)c2ccccc2)c2ccccc21. The first-order valence-electron chi connectivity index (χ1n) is 10.6. The van der Waals surface area contributed by atoms with E-state index < -0.39 is 5.54 Å². The fraction of sp³-hybridized carbons (Fsp3) is 0.375. The number of amides is 3. The van der Waals surface area contributed by atoms with E-state index >= 15 is 0 Å². The lowest BCUT2D eigenvalue weighted by Gasteiger charge is -2.34. The van der Waals surface area contributed by atoms with Gasteiger partial charge >= 0.3 is 0 Å². The summed E-state index contributed by atoms with van der Waals surface area (Å²) in [5, 5.41) is 2.96. The van der Waals surface area contributed by atoms with Gasteiger partial charge in [-0.1, -0.05) is 36.4 Å². The second-order valence-electron chi connectivity index (χ2n) is 8.18. The van der Waals surface area contributed by atoms with Crippen molar-refractivity contribution in [3.8, 4) is 0 Å². The minimum atomic E-state index is -1.46. The topological polar surface area (TPSA) is 79.0 Å². The Balaban J connectivity index is 1.76. The lowest BCUT2D eigenvalue weighted by Crippen LogP contribution is -2.57. The summed E-state index contributed by atoms with van der Waals surface area (Å²) in [5.41, 5.74) is 0.364. The van der Waals surface area contributed by atoms with E-state index in [0.29, 0.717) is 37.4 Å². The van der Waals surface area contributed by atoms with Crippen LogP contribution in [0.2, 0.25) is 0 Å². The van der Waals surface area contributed by atoms with Crippen molar-refractivity contribution < 1.29 is 19.1 Å². The number of fused-ring (bicyclic) bond motifs is 1. The number of anilines is 1. The van der Waals surface area contributed by atoms with Crippen LogP contribution >= 0.6 is 0 Å². The van der Waals surface area contributed by atoms with Crippen molar-refractivity contribution >= 4 is 23.4 Å². The van der Waals surface area contributed by atoms with Crippen LogP contribution in [0.15, 0.2) is 54.6 Å². The number of morpholine rings is 1. The lowest BCUT2D eigenvalue weighted by atomic mass is 9.86. The largest absolute Gasteiger partial charge is 0.378 e. The molecule has 2 heterocycles. The molecule has 1 N–H and O–H groups in total. The Morgan fingerprint density at radius 2 is 1.68 bits per heavy atom. The zero-order chi connectivity index (χ0) is 22.0. The number of nitrogens with zero attached hydrogens (tertiary/aromatic N) is 2. The van der Waals surface area contributed by atoms with Gasteiger partial charge in [0.05, 0.1) is 25.3 Å². The van der Waals surface area contributed by atoms with Gasteiger partial charge in [-0.05, 0) is 32.0 Å². The zero-order valence-electron chi connectivity index (χ0n) is 17.8. The molecule has 0 saturated carbocycles. The second-order valence-corrected chi connectivity index (χ2v) is 8.18.